The quantitative estimate of drug-likeness (QED) is 0.319. The molecule has 0 amide bonds. The van der Waals surface area contributed by atoms with Gasteiger partial charge in [-0.05, 0) is 62.2 Å². The van der Waals surface area contributed by atoms with Crippen LogP contribution in [0.5, 0.6) is 0 Å². The smallest absolute Gasteiger partial charge is 0.274 e. The van der Waals surface area contributed by atoms with Crippen LogP contribution < -0.4 is 10.1 Å². The topological polar surface area (TPSA) is 82.4 Å². The number of aromatic nitrogens is 3. The van der Waals surface area contributed by atoms with Crippen LogP contribution in [0.3, 0.4) is 0 Å². The number of nitro benzene ring substituents is 1. The summed E-state index contributed by atoms with van der Waals surface area (Å²) in [5.74, 6) is 0. The zero-order valence-electron chi connectivity index (χ0n) is 17.1. The van der Waals surface area contributed by atoms with E-state index in [2.05, 4.69) is 9.55 Å². The number of benzene rings is 2. The Morgan fingerprint density at radius 2 is 1.87 bits per heavy atom. The van der Waals surface area contributed by atoms with Gasteiger partial charge in [0.2, 0.25) is 0 Å². The number of fused-ring (bicyclic) bond motifs is 3. The second-order valence-corrected chi connectivity index (χ2v) is 8.53. The van der Waals surface area contributed by atoms with Crippen molar-refractivity contribution in [3.8, 4) is 5.69 Å². The molecule has 0 bridgehead atoms. The van der Waals surface area contributed by atoms with Gasteiger partial charge in [0.25, 0.3) is 11.2 Å². The van der Waals surface area contributed by atoms with Gasteiger partial charge in [0.15, 0.2) is 4.96 Å². The summed E-state index contributed by atoms with van der Waals surface area (Å²) in [5, 5.41) is 11.1. The van der Waals surface area contributed by atoms with Gasteiger partial charge < -0.3 is 4.57 Å². The standard InChI is InChI=1S/C23H18N4O3S/c1-13-10-17(27(29)30)8-9-19(13)25-14(2)11-16(15(25)3)12-21-22(28)26-20-7-5-4-6-18(20)24-23(26)31-21/h4-12H,1-3H3/b21-12-. The molecule has 5 aromatic rings. The van der Waals surface area contributed by atoms with Crippen LogP contribution in [0.25, 0.3) is 27.8 Å². The molecule has 0 saturated carbocycles. The third kappa shape index (κ3) is 2.95. The van der Waals surface area contributed by atoms with Crippen molar-refractivity contribution >= 4 is 39.1 Å². The Labute approximate surface area is 180 Å². The van der Waals surface area contributed by atoms with Crippen molar-refractivity contribution in [3.05, 3.63) is 96.0 Å². The molecule has 0 atom stereocenters. The SMILES string of the molecule is Cc1cc([N+](=O)[O-])ccc1-n1c(C)cc(/C=c2\sc3nc4ccccc4n3c2=O)c1C. The molecule has 0 N–H and O–H groups in total. The summed E-state index contributed by atoms with van der Waals surface area (Å²) in [6.45, 7) is 5.83. The minimum absolute atomic E-state index is 0.0700. The summed E-state index contributed by atoms with van der Waals surface area (Å²) < 4.78 is 4.34. The molecule has 0 radical (unpaired) electrons. The predicted octanol–water partition coefficient (Wildman–Crippen LogP) is 4.08. The van der Waals surface area contributed by atoms with Crippen molar-refractivity contribution in [2.24, 2.45) is 0 Å². The van der Waals surface area contributed by atoms with E-state index in [0.717, 1.165) is 39.2 Å². The molecule has 7 nitrogen and oxygen atoms in total. The lowest BCUT2D eigenvalue weighted by Crippen LogP contribution is -2.22. The Balaban J connectivity index is 1.67. The van der Waals surface area contributed by atoms with Crippen LogP contribution in [-0.2, 0) is 0 Å². The summed E-state index contributed by atoms with van der Waals surface area (Å²) in [6, 6.07) is 14.5. The molecule has 0 saturated heterocycles. The van der Waals surface area contributed by atoms with E-state index in [9.17, 15) is 14.9 Å². The number of hydrogen-bond acceptors (Lipinski definition) is 5. The van der Waals surface area contributed by atoms with Crippen LogP contribution in [0.4, 0.5) is 5.69 Å². The van der Waals surface area contributed by atoms with Crippen LogP contribution in [0.15, 0.2) is 53.3 Å². The van der Waals surface area contributed by atoms with Crippen LogP contribution in [-0.4, -0.2) is 18.9 Å². The third-order valence-corrected chi connectivity index (χ3v) is 6.50. The second kappa shape index (κ2) is 6.88. The number of nitro groups is 1. The number of imidazole rings is 1. The van der Waals surface area contributed by atoms with Gasteiger partial charge in [0, 0.05) is 29.2 Å². The molecule has 31 heavy (non-hydrogen) atoms. The molecule has 0 unspecified atom stereocenters. The average Bonchev–Trinajstić information content (AvgIpc) is 3.33. The summed E-state index contributed by atoms with van der Waals surface area (Å²) in [6.07, 6.45) is 1.90. The Bertz CT molecular complexity index is 1620. The molecular weight excluding hydrogens is 412 g/mol. The molecule has 154 valence electrons. The highest BCUT2D eigenvalue weighted by Crippen LogP contribution is 2.26. The van der Waals surface area contributed by atoms with E-state index in [1.807, 2.05) is 57.2 Å². The third-order valence-electron chi connectivity index (χ3n) is 5.53. The number of para-hydroxylation sites is 2. The van der Waals surface area contributed by atoms with Crippen molar-refractivity contribution in [1.29, 1.82) is 0 Å². The van der Waals surface area contributed by atoms with Gasteiger partial charge in [-0.3, -0.25) is 14.9 Å². The summed E-state index contributed by atoms with van der Waals surface area (Å²) in [7, 11) is 0. The number of rotatable bonds is 3. The molecule has 0 aliphatic rings. The molecule has 0 fully saturated rings. The first-order chi connectivity index (χ1) is 14.8. The highest BCUT2D eigenvalue weighted by Gasteiger charge is 2.15. The largest absolute Gasteiger partial charge is 0.318 e. The lowest BCUT2D eigenvalue weighted by Gasteiger charge is -2.12. The van der Waals surface area contributed by atoms with Gasteiger partial charge in [-0.25, -0.2) is 9.38 Å². The van der Waals surface area contributed by atoms with E-state index in [-0.39, 0.29) is 11.2 Å². The molecule has 3 aromatic heterocycles. The molecule has 0 aliphatic carbocycles. The van der Waals surface area contributed by atoms with Crippen LogP contribution in [0, 0.1) is 30.9 Å². The Kier molecular flexibility index (Phi) is 4.26. The van der Waals surface area contributed by atoms with Gasteiger partial charge in [0.05, 0.1) is 20.5 Å². The minimum atomic E-state index is -0.391. The molecule has 3 heterocycles. The number of hydrogen-bond donors (Lipinski definition) is 0. The fourth-order valence-corrected chi connectivity index (χ4v) is 5.04. The maximum absolute atomic E-state index is 13.1. The fourth-order valence-electron chi connectivity index (χ4n) is 4.06. The van der Waals surface area contributed by atoms with Crippen LogP contribution in [0.1, 0.15) is 22.5 Å². The first-order valence-electron chi connectivity index (χ1n) is 9.71. The van der Waals surface area contributed by atoms with Crippen molar-refractivity contribution in [2.45, 2.75) is 20.8 Å². The Hall–Kier alpha value is -3.78. The van der Waals surface area contributed by atoms with Gasteiger partial charge in [-0.1, -0.05) is 23.5 Å². The average molecular weight is 430 g/mol. The summed E-state index contributed by atoms with van der Waals surface area (Å²) >= 11 is 1.37. The van der Waals surface area contributed by atoms with Crippen LogP contribution >= 0.6 is 11.3 Å². The van der Waals surface area contributed by atoms with Crippen LogP contribution in [0.2, 0.25) is 0 Å². The maximum atomic E-state index is 13.1. The highest BCUT2D eigenvalue weighted by atomic mass is 32.1. The van der Waals surface area contributed by atoms with E-state index < -0.39 is 4.92 Å². The van der Waals surface area contributed by atoms with E-state index in [1.54, 1.807) is 16.5 Å². The van der Waals surface area contributed by atoms with E-state index in [0.29, 0.717) is 9.49 Å². The molecule has 0 spiro atoms. The predicted molar refractivity (Wildman–Crippen MR) is 122 cm³/mol. The summed E-state index contributed by atoms with van der Waals surface area (Å²) in [5.41, 5.74) is 6.19. The lowest BCUT2D eigenvalue weighted by molar-refractivity contribution is -0.384. The highest BCUT2D eigenvalue weighted by molar-refractivity contribution is 7.15. The lowest BCUT2D eigenvalue weighted by atomic mass is 10.1. The van der Waals surface area contributed by atoms with Crippen molar-refractivity contribution in [3.63, 3.8) is 0 Å². The zero-order chi connectivity index (χ0) is 21.9. The molecule has 5 rings (SSSR count). The van der Waals surface area contributed by atoms with Gasteiger partial charge in [-0.2, -0.15) is 0 Å². The summed E-state index contributed by atoms with van der Waals surface area (Å²) in [4.78, 5) is 29.0. The molecule has 0 aliphatic heterocycles. The van der Waals surface area contributed by atoms with Crippen molar-refractivity contribution in [2.75, 3.05) is 0 Å². The number of thiazole rings is 1. The maximum Gasteiger partial charge on any atom is 0.274 e. The molecule has 8 heteroatoms. The number of aryl methyl sites for hydroxylation is 2. The minimum Gasteiger partial charge on any atom is -0.318 e. The number of non-ortho nitro benzene ring substituents is 1. The van der Waals surface area contributed by atoms with Gasteiger partial charge >= 0.3 is 0 Å². The van der Waals surface area contributed by atoms with E-state index in [1.165, 1.54) is 17.4 Å². The first-order valence-corrected chi connectivity index (χ1v) is 10.5. The van der Waals surface area contributed by atoms with Crippen molar-refractivity contribution in [1.82, 2.24) is 14.0 Å². The number of nitrogens with zero attached hydrogens (tertiary/aromatic N) is 4. The monoisotopic (exact) mass is 430 g/mol. The normalized spacial score (nSPS) is 12.3. The Morgan fingerprint density at radius 3 is 2.61 bits per heavy atom. The van der Waals surface area contributed by atoms with E-state index in [4.69, 9.17) is 0 Å². The van der Waals surface area contributed by atoms with Crippen molar-refractivity contribution < 1.29 is 4.92 Å². The zero-order valence-corrected chi connectivity index (χ0v) is 17.9. The fraction of sp³-hybridized carbons (Fsp3) is 0.130. The van der Waals surface area contributed by atoms with Gasteiger partial charge in [-0.15, -0.1) is 0 Å². The van der Waals surface area contributed by atoms with Gasteiger partial charge in [0.1, 0.15) is 0 Å². The second-order valence-electron chi connectivity index (χ2n) is 7.52. The van der Waals surface area contributed by atoms with E-state index >= 15 is 0 Å². The Morgan fingerprint density at radius 1 is 1.10 bits per heavy atom. The molecular formula is C23H18N4O3S. The first kappa shape index (κ1) is 19.2. The molecule has 2 aromatic carbocycles.